The van der Waals surface area contributed by atoms with Crippen LogP contribution in [0.2, 0.25) is 0 Å². The molecule has 1 aliphatic rings. The van der Waals surface area contributed by atoms with Crippen molar-refractivity contribution in [2.24, 2.45) is 5.10 Å². The molecule has 1 aromatic heterocycles. The predicted molar refractivity (Wildman–Crippen MR) is 96.3 cm³/mol. The summed E-state index contributed by atoms with van der Waals surface area (Å²) in [5.41, 5.74) is 1.48. The van der Waals surface area contributed by atoms with Gasteiger partial charge in [-0.3, -0.25) is 9.78 Å². The number of nitrogens with zero attached hydrogens (tertiary/aromatic N) is 4. The molecule has 0 spiro atoms. The van der Waals surface area contributed by atoms with Crippen molar-refractivity contribution in [1.82, 2.24) is 20.3 Å². The van der Waals surface area contributed by atoms with Crippen LogP contribution in [0.1, 0.15) is 18.2 Å². The zero-order chi connectivity index (χ0) is 18.1. The number of amides is 3. The number of benzene rings is 2. The van der Waals surface area contributed by atoms with Crippen LogP contribution in [0.5, 0.6) is 0 Å². The number of hydrogen-bond acceptors (Lipinski definition) is 5. The lowest BCUT2D eigenvalue weighted by molar-refractivity contribution is -0.131. The van der Waals surface area contributed by atoms with Crippen molar-refractivity contribution in [3.8, 4) is 0 Å². The summed E-state index contributed by atoms with van der Waals surface area (Å²) in [6.45, 7) is 1.66. The van der Waals surface area contributed by atoms with Crippen LogP contribution in [0.25, 0.3) is 11.0 Å². The van der Waals surface area contributed by atoms with Crippen LogP contribution in [-0.2, 0) is 10.3 Å². The number of nitrogens with one attached hydrogen (secondary N) is 1. The van der Waals surface area contributed by atoms with E-state index in [0.717, 1.165) is 10.5 Å². The average molecular weight is 345 g/mol. The Kier molecular flexibility index (Phi) is 3.69. The Morgan fingerprint density at radius 2 is 1.73 bits per heavy atom. The monoisotopic (exact) mass is 345 g/mol. The Balaban J connectivity index is 1.62. The molecule has 1 saturated heterocycles. The van der Waals surface area contributed by atoms with Gasteiger partial charge in [0.15, 0.2) is 0 Å². The van der Waals surface area contributed by atoms with Crippen molar-refractivity contribution in [3.63, 3.8) is 0 Å². The van der Waals surface area contributed by atoms with Crippen molar-refractivity contribution < 1.29 is 9.59 Å². The van der Waals surface area contributed by atoms with Gasteiger partial charge in [0.05, 0.1) is 23.4 Å². The Hall–Kier alpha value is -3.61. The molecule has 128 valence electrons. The molecule has 0 saturated carbocycles. The van der Waals surface area contributed by atoms with Crippen molar-refractivity contribution in [3.05, 3.63) is 72.1 Å². The van der Waals surface area contributed by atoms with Gasteiger partial charge in [0, 0.05) is 0 Å². The van der Waals surface area contributed by atoms with E-state index in [1.165, 1.54) is 6.21 Å². The summed E-state index contributed by atoms with van der Waals surface area (Å²) in [5, 5.41) is 7.55. The number of imide groups is 1. The summed E-state index contributed by atoms with van der Waals surface area (Å²) >= 11 is 0. The van der Waals surface area contributed by atoms with E-state index in [4.69, 9.17) is 0 Å². The van der Waals surface area contributed by atoms with Gasteiger partial charge in [-0.1, -0.05) is 42.5 Å². The van der Waals surface area contributed by atoms with Crippen LogP contribution in [-0.4, -0.2) is 33.1 Å². The Morgan fingerprint density at radius 1 is 1.04 bits per heavy atom. The molecule has 7 nitrogen and oxygen atoms in total. The Morgan fingerprint density at radius 3 is 2.50 bits per heavy atom. The SMILES string of the molecule is C[C@]1(c2ccccc2)NC(=O)N(/N=C\c2cnc3ccccc3n2)C1=O. The second-order valence-electron chi connectivity index (χ2n) is 6.07. The molecule has 0 bridgehead atoms. The number of hydrazone groups is 1. The largest absolute Gasteiger partial charge is 0.346 e. The summed E-state index contributed by atoms with van der Waals surface area (Å²) in [7, 11) is 0. The Labute approximate surface area is 149 Å². The highest BCUT2D eigenvalue weighted by Gasteiger charge is 2.49. The third-order valence-electron chi connectivity index (χ3n) is 4.29. The van der Waals surface area contributed by atoms with Gasteiger partial charge in [0.25, 0.3) is 5.91 Å². The maximum absolute atomic E-state index is 12.8. The zero-order valence-corrected chi connectivity index (χ0v) is 14.0. The van der Waals surface area contributed by atoms with Crippen molar-refractivity contribution in [1.29, 1.82) is 0 Å². The molecule has 1 fully saturated rings. The first-order valence-corrected chi connectivity index (χ1v) is 8.06. The maximum atomic E-state index is 12.8. The van der Waals surface area contributed by atoms with Crippen LogP contribution in [0, 0.1) is 0 Å². The fourth-order valence-corrected chi connectivity index (χ4v) is 2.85. The second-order valence-corrected chi connectivity index (χ2v) is 6.07. The lowest BCUT2D eigenvalue weighted by Crippen LogP contribution is -2.40. The van der Waals surface area contributed by atoms with Crippen LogP contribution in [0.3, 0.4) is 0 Å². The predicted octanol–water partition coefficient (Wildman–Crippen LogP) is 2.43. The average Bonchev–Trinajstić information content (AvgIpc) is 2.90. The molecular weight excluding hydrogens is 330 g/mol. The van der Waals surface area contributed by atoms with Gasteiger partial charge in [-0.2, -0.15) is 5.10 Å². The Bertz CT molecular complexity index is 1030. The summed E-state index contributed by atoms with van der Waals surface area (Å²) in [6, 6.07) is 15.9. The number of fused-ring (bicyclic) bond motifs is 1. The third-order valence-corrected chi connectivity index (χ3v) is 4.29. The minimum atomic E-state index is -1.15. The van der Waals surface area contributed by atoms with Gasteiger partial charge < -0.3 is 5.32 Å². The molecule has 0 aliphatic carbocycles. The van der Waals surface area contributed by atoms with Gasteiger partial charge in [-0.25, -0.2) is 9.78 Å². The normalized spacial score (nSPS) is 20.1. The van der Waals surface area contributed by atoms with Gasteiger partial charge in [0.1, 0.15) is 11.2 Å². The number of aromatic nitrogens is 2. The van der Waals surface area contributed by atoms with Gasteiger partial charge in [-0.15, -0.1) is 5.01 Å². The van der Waals surface area contributed by atoms with Crippen LogP contribution in [0.15, 0.2) is 65.9 Å². The van der Waals surface area contributed by atoms with Gasteiger partial charge in [0.2, 0.25) is 0 Å². The molecule has 26 heavy (non-hydrogen) atoms. The molecule has 7 heteroatoms. The summed E-state index contributed by atoms with van der Waals surface area (Å²) < 4.78 is 0. The fourth-order valence-electron chi connectivity index (χ4n) is 2.85. The summed E-state index contributed by atoms with van der Waals surface area (Å²) in [4.78, 5) is 33.7. The van der Waals surface area contributed by atoms with Crippen LogP contribution >= 0.6 is 0 Å². The molecule has 3 aromatic rings. The maximum Gasteiger partial charge on any atom is 0.346 e. The molecular formula is C19H15N5O2. The molecule has 1 atom stereocenters. The highest BCUT2D eigenvalue weighted by Crippen LogP contribution is 2.28. The lowest BCUT2D eigenvalue weighted by atomic mass is 9.92. The number of urea groups is 1. The third kappa shape index (κ3) is 2.59. The second kappa shape index (κ2) is 6.03. The summed E-state index contributed by atoms with van der Waals surface area (Å²) in [5.74, 6) is -0.446. The fraction of sp³-hybridized carbons (Fsp3) is 0.105. The van der Waals surface area contributed by atoms with E-state index in [2.05, 4.69) is 20.4 Å². The van der Waals surface area contributed by atoms with E-state index in [-0.39, 0.29) is 0 Å². The topological polar surface area (TPSA) is 87.6 Å². The molecule has 2 aromatic carbocycles. The van der Waals surface area contributed by atoms with Gasteiger partial charge >= 0.3 is 6.03 Å². The molecule has 0 radical (unpaired) electrons. The standard InChI is InChI=1S/C19H15N5O2/c1-19(13-7-3-2-4-8-13)17(25)24(18(26)23-19)21-12-14-11-20-15-9-5-6-10-16(15)22-14/h2-12H,1H3,(H,23,26)/b21-12-/t19-/m1/s1. The summed E-state index contributed by atoms with van der Waals surface area (Å²) in [6.07, 6.45) is 2.90. The zero-order valence-electron chi connectivity index (χ0n) is 14.0. The minimum Gasteiger partial charge on any atom is -0.318 e. The van der Waals surface area contributed by atoms with Crippen LogP contribution < -0.4 is 5.32 Å². The quantitative estimate of drug-likeness (QED) is 0.583. The number of hydrogen-bond donors (Lipinski definition) is 1. The molecule has 2 heterocycles. The van der Waals surface area contributed by atoms with E-state index < -0.39 is 17.5 Å². The number of carbonyl (C=O) groups excluding carboxylic acids is 2. The lowest BCUT2D eigenvalue weighted by Gasteiger charge is -2.20. The number of carbonyl (C=O) groups is 2. The molecule has 3 amide bonds. The van der Waals surface area contributed by atoms with E-state index in [9.17, 15) is 9.59 Å². The minimum absolute atomic E-state index is 0.446. The van der Waals surface area contributed by atoms with E-state index in [1.54, 1.807) is 25.3 Å². The van der Waals surface area contributed by atoms with Crippen LogP contribution in [0.4, 0.5) is 4.79 Å². The van der Waals surface area contributed by atoms with Gasteiger partial charge in [-0.05, 0) is 24.6 Å². The number of rotatable bonds is 3. The highest BCUT2D eigenvalue weighted by molar-refractivity contribution is 6.07. The first kappa shape index (κ1) is 15.9. The molecule has 4 rings (SSSR count). The first-order chi connectivity index (χ1) is 12.6. The van der Waals surface area contributed by atoms with E-state index >= 15 is 0 Å². The van der Waals surface area contributed by atoms with Crippen molar-refractivity contribution >= 4 is 29.2 Å². The smallest absolute Gasteiger partial charge is 0.318 e. The molecule has 1 aliphatic heterocycles. The first-order valence-electron chi connectivity index (χ1n) is 8.06. The molecule has 1 N–H and O–H groups in total. The van der Waals surface area contributed by atoms with Crippen molar-refractivity contribution in [2.75, 3.05) is 0 Å². The van der Waals surface area contributed by atoms with Crippen molar-refractivity contribution in [2.45, 2.75) is 12.5 Å². The molecule has 0 unspecified atom stereocenters. The number of para-hydroxylation sites is 2. The van der Waals surface area contributed by atoms with E-state index in [1.807, 2.05) is 42.5 Å². The van der Waals surface area contributed by atoms with E-state index in [0.29, 0.717) is 16.8 Å². The highest BCUT2D eigenvalue weighted by atomic mass is 16.2.